The Morgan fingerprint density at radius 3 is 2.80 bits per heavy atom. The van der Waals surface area contributed by atoms with Crippen LogP contribution in [0.3, 0.4) is 0 Å². The van der Waals surface area contributed by atoms with Crippen molar-refractivity contribution in [3.63, 3.8) is 0 Å². The lowest BCUT2D eigenvalue weighted by Crippen LogP contribution is -2.25. The summed E-state index contributed by atoms with van der Waals surface area (Å²) in [5, 5.41) is 13.1. The van der Waals surface area contributed by atoms with E-state index in [0.29, 0.717) is 5.41 Å². The molecule has 0 amide bonds. The van der Waals surface area contributed by atoms with Gasteiger partial charge in [0.2, 0.25) is 0 Å². The minimum absolute atomic E-state index is 0.0227. The van der Waals surface area contributed by atoms with Crippen LogP contribution in [-0.4, -0.2) is 10.3 Å². The quantitative estimate of drug-likeness (QED) is 0.768. The Kier molecular flexibility index (Phi) is 2.09. The highest BCUT2D eigenvalue weighted by atomic mass is 16.5. The monoisotopic (exact) mass is 207 g/mol. The molecule has 0 aliphatic heterocycles. The van der Waals surface area contributed by atoms with Crippen molar-refractivity contribution < 1.29 is 9.63 Å². The molecule has 0 bridgehead atoms. The van der Waals surface area contributed by atoms with Crippen LogP contribution in [0.4, 0.5) is 0 Å². The minimum atomic E-state index is 0.0227. The van der Waals surface area contributed by atoms with Gasteiger partial charge >= 0.3 is 0 Å². The van der Waals surface area contributed by atoms with Crippen molar-refractivity contribution in [2.45, 2.75) is 51.6 Å². The van der Waals surface area contributed by atoms with Crippen molar-refractivity contribution in [2.24, 2.45) is 5.41 Å². The third-order valence-corrected chi connectivity index (χ3v) is 4.20. The maximum Gasteiger partial charge on any atom is 0.140 e. The van der Waals surface area contributed by atoms with Gasteiger partial charge in [-0.2, -0.15) is 0 Å². The van der Waals surface area contributed by atoms with Crippen LogP contribution in [-0.2, 0) is 19.4 Å². The molecule has 2 aliphatic carbocycles. The van der Waals surface area contributed by atoms with E-state index < -0.39 is 0 Å². The summed E-state index contributed by atoms with van der Waals surface area (Å²) < 4.78 is 5.27. The molecule has 0 saturated heterocycles. The summed E-state index contributed by atoms with van der Waals surface area (Å²) in [6, 6.07) is 0. The maximum absolute atomic E-state index is 9.19. The van der Waals surface area contributed by atoms with Crippen LogP contribution >= 0.6 is 0 Å². The van der Waals surface area contributed by atoms with Crippen molar-refractivity contribution in [1.82, 2.24) is 5.16 Å². The Labute approximate surface area is 89.5 Å². The van der Waals surface area contributed by atoms with Crippen LogP contribution in [0.25, 0.3) is 0 Å². The minimum Gasteiger partial charge on any atom is -0.390 e. The van der Waals surface area contributed by atoms with Gasteiger partial charge in [-0.1, -0.05) is 18.0 Å². The smallest absolute Gasteiger partial charge is 0.140 e. The summed E-state index contributed by atoms with van der Waals surface area (Å²) in [7, 11) is 0. The molecule has 3 heteroatoms. The molecular weight excluding hydrogens is 190 g/mol. The standard InChI is InChI=1S/C12H17NO2/c14-8-10-9-7-12(4-1-2-5-12)6-3-11(9)15-13-10/h14H,1-8H2. The molecule has 1 fully saturated rings. The second kappa shape index (κ2) is 3.34. The molecule has 0 unspecified atom stereocenters. The number of aliphatic hydroxyl groups is 1. The molecule has 1 spiro atoms. The normalized spacial score (nSPS) is 23.3. The predicted molar refractivity (Wildman–Crippen MR) is 55.4 cm³/mol. The second-order valence-corrected chi connectivity index (χ2v) is 5.07. The zero-order chi connectivity index (χ0) is 10.3. The third kappa shape index (κ3) is 1.41. The van der Waals surface area contributed by atoms with Crippen LogP contribution in [0.5, 0.6) is 0 Å². The molecule has 1 heterocycles. The van der Waals surface area contributed by atoms with Crippen LogP contribution in [0.2, 0.25) is 0 Å². The molecule has 0 radical (unpaired) electrons. The molecule has 2 aliphatic rings. The Hall–Kier alpha value is -0.830. The molecule has 0 atom stereocenters. The molecule has 3 nitrogen and oxygen atoms in total. The molecule has 82 valence electrons. The molecular formula is C12H17NO2. The van der Waals surface area contributed by atoms with Crippen LogP contribution in [0.1, 0.15) is 49.1 Å². The van der Waals surface area contributed by atoms with E-state index in [4.69, 9.17) is 4.52 Å². The average molecular weight is 207 g/mol. The molecule has 1 aromatic rings. The first-order chi connectivity index (χ1) is 7.33. The number of aromatic nitrogens is 1. The highest BCUT2D eigenvalue weighted by Gasteiger charge is 2.39. The fourth-order valence-electron chi connectivity index (χ4n) is 3.30. The van der Waals surface area contributed by atoms with Gasteiger partial charge < -0.3 is 9.63 Å². The van der Waals surface area contributed by atoms with E-state index in [1.165, 1.54) is 37.7 Å². The van der Waals surface area contributed by atoms with E-state index in [1.807, 2.05) is 0 Å². The van der Waals surface area contributed by atoms with Gasteiger partial charge in [-0.3, -0.25) is 0 Å². The Morgan fingerprint density at radius 2 is 2.07 bits per heavy atom. The van der Waals surface area contributed by atoms with Crippen LogP contribution in [0.15, 0.2) is 4.52 Å². The predicted octanol–water partition coefficient (Wildman–Crippen LogP) is 2.22. The lowest BCUT2D eigenvalue weighted by atomic mass is 9.72. The van der Waals surface area contributed by atoms with Crippen molar-refractivity contribution in [2.75, 3.05) is 0 Å². The largest absolute Gasteiger partial charge is 0.390 e. The molecule has 0 aromatic carbocycles. The summed E-state index contributed by atoms with van der Waals surface area (Å²) in [6.45, 7) is 0.0227. The highest BCUT2D eigenvalue weighted by Crippen LogP contribution is 2.48. The van der Waals surface area contributed by atoms with Crippen molar-refractivity contribution in [3.8, 4) is 0 Å². The fourth-order valence-corrected chi connectivity index (χ4v) is 3.30. The lowest BCUT2D eigenvalue weighted by molar-refractivity contribution is 0.235. The van der Waals surface area contributed by atoms with Gasteiger partial charge in [0.25, 0.3) is 0 Å². The van der Waals surface area contributed by atoms with Gasteiger partial charge in [0, 0.05) is 12.0 Å². The zero-order valence-corrected chi connectivity index (χ0v) is 8.96. The zero-order valence-electron chi connectivity index (χ0n) is 8.96. The van der Waals surface area contributed by atoms with Gasteiger partial charge in [-0.15, -0.1) is 0 Å². The first kappa shape index (κ1) is 9.40. The van der Waals surface area contributed by atoms with Crippen LogP contribution in [0, 0.1) is 5.41 Å². The van der Waals surface area contributed by atoms with Gasteiger partial charge in [-0.25, -0.2) is 0 Å². The number of aliphatic hydroxyl groups excluding tert-OH is 1. The number of hydrogen-bond donors (Lipinski definition) is 1. The average Bonchev–Trinajstić information content (AvgIpc) is 2.85. The number of nitrogens with zero attached hydrogens (tertiary/aromatic N) is 1. The van der Waals surface area contributed by atoms with Crippen molar-refractivity contribution >= 4 is 0 Å². The fraction of sp³-hybridized carbons (Fsp3) is 0.750. The summed E-state index contributed by atoms with van der Waals surface area (Å²) >= 11 is 0. The summed E-state index contributed by atoms with van der Waals surface area (Å²) in [4.78, 5) is 0. The summed E-state index contributed by atoms with van der Waals surface area (Å²) in [5.41, 5.74) is 2.50. The first-order valence-electron chi connectivity index (χ1n) is 5.90. The summed E-state index contributed by atoms with van der Waals surface area (Å²) in [5.74, 6) is 1.02. The summed E-state index contributed by atoms with van der Waals surface area (Å²) in [6.07, 6.45) is 8.79. The Morgan fingerprint density at radius 1 is 1.27 bits per heavy atom. The number of fused-ring (bicyclic) bond motifs is 1. The van der Waals surface area contributed by atoms with Crippen molar-refractivity contribution in [3.05, 3.63) is 17.0 Å². The van der Waals surface area contributed by atoms with E-state index in [2.05, 4.69) is 5.16 Å². The SMILES string of the molecule is OCc1noc2c1CC1(CCCC1)CC2. The number of rotatable bonds is 1. The molecule has 1 N–H and O–H groups in total. The number of hydrogen-bond acceptors (Lipinski definition) is 3. The van der Waals surface area contributed by atoms with E-state index in [0.717, 1.165) is 24.3 Å². The van der Waals surface area contributed by atoms with E-state index in [-0.39, 0.29) is 6.61 Å². The Balaban J connectivity index is 1.93. The lowest BCUT2D eigenvalue weighted by Gasteiger charge is -2.32. The van der Waals surface area contributed by atoms with Gasteiger partial charge in [-0.05, 0) is 31.1 Å². The van der Waals surface area contributed by atoms with E-state index in [1.54, 1.807) is 0 Å². The van der Waals surface area contributed by atoms with Crippen molar-refractivity contribution in [1.29, 1.82) is 0 Å². The van der Waals surface area contributed by atoms with Gasteiger partial charge in [0.15, 0.2) is 0 Å². The van der Waals surface area contributed by atoms with E-state index >= 15 is 0 Å². The molecule has 3 rings (SSSR count). The van der Waals surface area contributed by atoms with Gasteiger partial charge in [0.05, 0.1) is 6.61 Å². The molecule has 1 aromatic heterocycles. The maximum atomic E-state index is 9.19. The topological polar surface area (TPSA) is 46.3 Å². The van der Waals surface area contributed by atoms with E-state index in [9.17, 15) is 5.11 Å². The third-order valence-electron chi connectivity index (χ3n) is 4.20. The van der Waals surface area contributed by atoms with Gasteiger partial charge in [0.1, 0.15) is 11.5 Å². The Bertz CT molecular complexity index is 350. The van der Waals surface area contributed by atoms with Crippen LogP contribution < -0.4 is 0 Å². The highest BCUT2D eigenvalue weighted by molar-refractivity contribution is 5.27. The molecule has 15 heavy (non-hydrogen) atoms. The molecule has 1 saturated carbocycles. The first-order valence-corrected chi connectivity index (χ1v) is 5.90. The second-order valence-electron chi connectivity index (χ2n) is 5.07. The number of aryl methyl sites for hydroxylation is 1.